The fraction of sp³-hybridized carbons (Fsp3) is 1.00. The highest BCUT2D eigenvalue weighted by molar-refractivity contribution is 7.99. The molecule has 3 nitrogen and oxygen atoms in total. The van der Waals surface area contributed by atoms with Gasteiger partial charge in [0.1, 0.15) is 11.5 Å². The summed E-state index contributed by atoms with van der Waals surface area (Å²) in [6, 6.07) is 0. The highest BCUT2D eigenvalue weighted by Gasteiger charge is 2.50. The second-order valence-corrected chi connectivity index (χ2v) is 4.94. The fourth-order valence-electron chi connectivity index (χ4n) is 1.61. The predicted octanol–water partition coefficient (Wildman–Crippen LogP) is 0.910. The van der Waals surface area contributed by atoms with Crippen molar-refractivity contribution in [3.05, 3.63) is 0 Å². The van der Waals surface area contributed by atoms with Gasteiger partial charge in [-0.1, -0.05) is 0 Å². The van der Waals surface area contributed by atoms with Gasteiger partial charge in [0.2, 0.25) is 0 Å². The summed E-state index contributed by atoms with van der Waals surface area (Å²) in [6.45, 7) is 3.51. The summed E-state index contributed by atoms with van der Waals surface area (Å²) in [4.78, 5) is 0. The monoisotopic (exact) mass is 208 g/mol. The molecule has 0 unspecified atom stereocenters. The maximum Gasteiger partial charge on any atom is 0.165 e. The number of thioether (sulfide) groups is 1. The van der Waals surface area contributed by atoms with E-state index in [1.54, 1.807) is 13.8 Å². The lowest BCUT2D eigenvalue weighted by molar-refractivity contribution is -0.151. The van der Waals surface area contributed by atoms with Gasteiger partial charge in [-0.15, -0.1) is 11.8 Å². The quantitative estimate of drug-likeness (QED) is 0.642. The average molecular weight is 208 g/mol. The summed E-state index contributed by atoms with van der Waals surface area (Å²) >= 11 is 1.41. The molecule has 2 saturated heterocycles. The molecule has 0 amide bonds. The summed E-state index contributed by atoms with van der Waals surface area (Å²) in [7, 11) is 0. The van der Waals surface area contributed by atoms with Crippen molar-refractivity contribution in [2.45, 2.75) is 43.5 Å². The topological polar surface area (TPSA) is 38.7 Å². The molecule has 0 saturated carbocycles. The Hall–Kier alpha value is 0.160. The van der Waals surface area contributed by atoms with Crippen molar-refractivity contribution in [3.8, 4) is 0 Å². The molecular weight excluding hydrogens is 195 g/mol. The number of halogens is 1. The zero-order valence-corrected chi connectivity index (χ0v) is 8.38. The molecule has 76 valence electrons. The minimum absolute atomic E-state index is 0.270. The van der Waals surface area contributed by atoms with E-state index < -0.39 is 24.2 Å². The Labute approximate surface area is 80.6 Å². The molecule has 2 heterocycles. The van der Waals surface area contributed by atoms with E-state index in [4.69, 9.17) is 9.47 Å². The van der Waals surface area contributed by atoms with E-state index in [0.717, 1.165) is 0 Å². The summed E-state index contributed by atoms with van der Waals surface area (Å²) in [5.41, 5.74) is -0.270. The van der Waals surface area contributed by atoms with Gasteiger partial charge < -0.3 is 14.6 Å². The summed E-state index contributed by atoms with van der Waals surface area (Å²) < 4.78 is 24.2. The van der Waals surface area contributed by atoms with Gasteiger partial charge in [0.05, 0.1) is 6.10 Å². The molecule has 0 radical (unpaired) electrons. The van der Waals surface area contributed by atoms with Crippen LogP contribution in [0.5, 0.6) is 0 Å². The van der Waals surface area contributed by atoms with Crippen molar-refractivity contribution in [2.75, 3.05) is 5.75 Å². The fourth-order valence-corrected chi connectivity index (χ4v) is 2.87. The molecule has 13 heavy (non-hydrogen) atoms. The third-order valence-corrected chi connectivity index (χ3v) is 3.43. The Morgan fingerprint density at radius 1 is 1.46 bits per heavy atom. The second kappa shape index (κ2) is 3.08. The SMILES string of the molecule is CC1(C)O[C@@H]2[C@@H](F)[C@H](O)CS[C@H]2O1. The molecule has 0 aromatic rings. The van der Waals surface area contributed by atoms with Crippen LogP contribution in [0.2, 0.25) is 0 Å². The van der Waals surface area contributed by atoms with Crippen molar-refractivity contribution in [1.29, 1.82) is 0 Å². The second-order valence-electron chi connectivity index (χ2n) is 3.81. The first-order valence-corrected chi connectivity index (χ1v) is 5.34. The van der Waals surface area contributed by atoms with Gasteiger partial charge in [-0.05, 0) is 13.8 Å². The lowest BCUT2D eigenvalue weighted by Crippen LogP contribution is -2.45. The number of alkyl halides is 1. The summed E-state index contributed by atoms with van der Waals surface area (Å²) in [5.74, 6) is -0.349. The maximum absolute atomic E-state index is 13.4. The largest absolute Gasteiger partial charge is 0.389 e. The van der Waals surface area contributed by atoms with Gasteiger partial charge >= 0.3 is 0 Å². The normalized spacial score (nSPS) is 48.9. The van der Waals surface area contributed by atoms with Gasteiger partial charge in [-0.25, -0.2) is 4.39 Å². The third kappa shape index (κ3) is 1.70. The summed E-state index contributed by atoms with van der Waals surface area (Å²) in [6.07, 6.45) is -2.87. The van der Waals surface area contributed by atoms with Crippen LogP contribution in [0, 0.1) is 0 Å². The van der Waals surface area contributed by atoms with Crippen molar-refractivity contribution < 1.29 is 19.0 Å². The number of ether oxygens (including phenoxy) is 2. The molecule has 0 bridgehead atoms. The lowest BCUT2D eigenvalue weighted by atomic mass is 10.1. The zero-order chi connectivity index (χ0) is 9.64. The van der Waals surface area contributed by atoms with Crippen molar-refractivity contribution in [3.63, 3.8) is 0 Å². The number of rotatable bonds is 0. The van der Waals surface area contributed by atoms with E-state index in [0.29, 0.717) is 5.75 Å². The smallest absolute Gasteiger partial charge is 0.165 e. The Bertz CT molecular complexity index is 212. The molecule has 1 N–H and O–H groups in total. The van der Waals surface area contributed by atoms with Gasteiger partial charge in [0.25, 0.3) is 0 Å². The standard InChI is InChI=1S/C8H13FO3S/c1-8(2)11-6-5(9)4(10)3-13-7(6)12-8/h4-7,10H,3H2,1-2H3/t4-,5+,6-,7-/m1/s1. The van der Waals surface area contributed by atoms with Crippen LogP contribution in [-0.2, 0) is 9.47 Å². The molecule has 0 spiro atoms. The maximum atomic E-state index is 13.4. The summed E-state index contributed by atoms with van der Waals surface area (Å²) in [5, 5.41) is 9.26. The van der Waals surface area contributed by atoms with Gasteiger partial charge in [-0.2, -0.15) is 0 Å². The van der Waals surface area contributed by atoms with Crippen LogP contribution in [0.25, 0.3) is 0 Å². The Morgan fingerprint density at radius 2 is 2.15 bits per heavy atom. The molecule has 0 aliphatic carbocycles. The van der Waals surface area contributed by atoms with Crippen LogP contribution in [0.15, 0.2) is 0 Å². The number of hydrogen-bond donors (Lipinski definition) is 1. The molecule has 4 atom stereocenters. The number of fused-ring (bicyclic) bond motifs is 1. The average Bonchev–Trinajstić information content (AvgIpc) is 2.34. The van der Waals surface area contributed by atoms with Crippen LogP contribution in [0.3, 0.4) is 0 Å². The van der Waals surface area contributed by atoms with Crippen LogP contribution in [0.1, 0.15) is 13.8 Å². The van der Waals surface area contributed by atoms with E-state index in [9.17, 15) is 9.50 Å². The van der Waals surface area contributed by atoms with Crippen LogP contribution >= 0.6 is 11.8 Å². The Morgan fingerprint density at radius 3 is 2.85 bits per heavy atom. The van der Waals surface area contributed by atoms with Crippen molar-refractivity contribution in [1.82, 2.24) is 0 Å². The lowest BCUT2D eigenvalue weighted by Gasteiger charge is -2.29. The number of aliphatic hydroxyl groups is 1. The van der Waals surface area contributed by atoms with Crippen LogP contribution < -0.4 is 0 Å². The zero-order valence-electron chi connectivity index (χ0n) is 7.57. The van der Waals surface area contributed by atoms with E-state index >= 15 is 0 Å². The minimum atomic E-state index is -1.33. The molecule has 0 aromatic carbocycles. The molecule has 0 aromatic heterocycles. The Kier molecular flexibility index (Phi) is 2.30. The van der Waals surface area contributed by atoms with Crippen molar-refractivity contribution in [2.24, 2.45) is 0 Å². The van der Waals surface area contributed by atoms with Crippen molar-refractivity contribution >= 4 is 11.8 Å². The first-order chi connectivity index (χ1) is 5.99. The van der Waals surface area contributed by atoms with Gasteiger partial charge in [0, 0.05) is 5.75 Å². The first-order valence-electron chi connectivity index (χ1n) is 4.29. The molecule has 2 rings (SSSR count). The van der Waals surface area contributed by atoms with E-state index in [2.05, 4.69) is 0 Å². The molecule has 2 aliphatic heterocycles. The Balaban J connectivity index is 2.11. The van der Waals surface area contributed by atoms with Gasteiger partial charge in [-0.3, -0.25) is 0 Å². The number of hydrogen-bond acceptors (Lipinski definition) is 4. The van der Waals surface area contributed by atoms with Crippen LogP contribution in [-0.4, -0.2) is 40.5 Å². The molecule has 2 fully saturated rings. The third-order valence-electron chi connectivity index (χ3n) is 2.20. The van der Waals surface area contributed by atoms with Crippen LogP contribution in [0.4, 0.5) is 4.39 Å². The molecule has 2 aliphatic rings. The van der Waals surface area contributed by atoms with E-state index in [-0.39, 0.29) is 5.44 Å². The highest BCUT2D eigenvalue weighted by Crippen LogP contribution is 2.41. The van der Waals surface area contributed by atoms with E-state index in [1.807, 2.05) is 0 Å². The van der Waals surface area contributed by atoms with Gasteiger partial charge in [0.15, 0.2) is 12.0 Å². The number of aliphatic hydroxyl groups excluding tert-OH is 1. The first kappa shape index (κ1) is 9.71. The molecule has 5 heteroatoms. The minimum Gasteiger partial charge on any atom is -0.389 e. The predicted molar refractivity (Wildman–Crippen MR) is 47.2 cm³/mol. The van der Waals surface area contributed by atoms with E-state index in [1.165, 1.54) is 11.8 Å². The highest BCUT2D eigenvalue weighted by atomic mass is 32.2. The molecular formula is C8H13FO3S.